The van der Waals surface area contributed by atoms with E-state index in [9.17, 15) is 9.59 Å². The number of amides is 2. The summed E-state index contributed by atoms with van der Waals surface area (Å²) in [7, 11) is 1.64. The molecule has 8 heteroatoms. The van der Waals surface area contributed by atoms with E-state index < -0.39 is 0 Å². The third-order valence-corrected chi connectivity index (χ3v) is 5.65. The zero-order valence-electron chi connectivity index (χ0n) is 19.5. The van der Waals surface area contributed by atoms with Crippen molar-refractivity contribution < 1.29 is 19.1 Å². The molecule has 0 saturated heterocycles. The Balaban J connectivity index is 1.71. The maximum Gasteiger partial charge on any atom is 0.338 e. The van der Waals surface area contributed by atoms with Crippen LogP contribution < -0.4 is 5.32 Å². The molecule has 3 rings (SSSR count). The van der Waals surface area contributed by atoms with Gasteiger partial charge in [0.1, 0.15) is 0 Å². The van der Waals surface area contributed by atoms with Crippen LogP contribution in [-0.2, 0) is 22.6 Å². The van der Waals surface area contributed by atoms with Gasteiger partial charge in [0.05, 0.1) is 18.7 Å². The molecule has 3 aromatic rings. The number of nitrogens with one attached hydrogen (secondary N) is 1. The highest BCUT2D eigenvalue weighted by Gasteiger charge is 2.17. The lowest BCUT2D eigenvalue weighted by molar-refractivity contribution is 0.0526. The van der Waals surface area contributed by atoms with Crippen LogP contribution in [0.1, 0.15) is 35.0 Å². The van der Waals surface area contributed by atoms with Crippen LogP contribution in [0, 0.1) is 0 Å². The van der Waals surface area contributed by atoms with Crippen molar-refractivity contribution in [3.8, 4) is 0 Å². The minimum atomic E-state index is -0.388. The predicted molar refractivity (Wildman–Crippen MR) is 133 cm³/mol. The van der Waals surface area contributed by atoms with Gasteiger partial charge in [-0.15, -0.1) is 0 Å². The maximum atomic E-state index is 13.1. The number of methoxy groups -OCH3 is 1. The number of ether oxygens (including phenoxy) is 2. The molecule has 0 radical (unpaired) electrons. The molecule has 0 aliphatic carbocycles. The van der Waals surface area contributed by atoms with E-state index in [-0.39, 0.29) is 12.0 Å². The average Bonchev–Trinajstić information content (AvgIpc) is 3.27. The number of nitrogens with zero attached hydrogens (tertiary/aromatic N) is 2. The van der Waals surface area contributed by atoms with Gasteiger partial charge in [0.15, 0.2) is 0 Å². The number of aromatic nitrogens is 1. The van der Waals surface area contributed by atoms with Crippen molar-refractivity contribution in [2.24, 2.45) is 0 Å². The highest BCUT2D eigenvalue weighted by Crippen LogP contribution is 2.19. The summed E-state index contributed by atoms with van der Waals surface area (Å²) in [4.78, 5) is 26.7. The molecule has 0 spiro atoms. The molecule has 0 unspecified atom stereocenters. The number of urea groups is 1. The molecule has 0 atom stereocenters. The lowest BCUT2D eigenvalue weighted by Gasteiger charge is -2.24. The molecule has 34 heavy (non-hydrogen) atoms. The van der Waals surface area contributed by atoms with E-state index in [1.165, 1.54) is 0 Å². The zero-order chi connectivity index (χ0) is 24.3. The summed E-state index contributed by atoms with van der Waals surface area (Å²) in [6.07, 6.45) is 2.69. The molecule has 1 heterocycles. The van der Waals surface area contributed by atoms with E-state index in [0.29, 0.717) is 55.5 Å². The van der Waals surface area contributed by atoms with Crippen LogP contribution in [0.2, 0.25) is 5.02 Å². The van der Waals surface area contributed by atoms with Crippen molar-refractivity contribution in [1.29, 1.82) is 0 Å². The van der Waals surface area contributed by atoms with Crippen molar-refractivity contribution in [2.45, 2.75) is 26.4 Å². The van der Waals surface area contributed by atoms with Crippen LogP contribution in [-0.4, -0.2) is 48.3 Å². The lowest BCUT2D eigenvalue weighted by Crippen LogP contribution is -2.36. The van der Waals surface area contributed by atoms with Crippen molar-refractivity contribution in [1.82, 2.24) is 9.47 Å². The highest BCUT2D eigenvalue weighted by molar-refractivity contribution is 6.31. The number of esters is 1. The molecular weight excluding hydrogens is 454 g/mol. The van der Waals surface area contributed by atoms with Crippen molar-refractivity contribution in [3.63, 3.8) is 0 Å². The van der Waals surface area contributed by atoms with Gasteiger partial charge in [-0.05, 0) is 61.4 Å². The number of carbonyl (C=O) groups excluding carboxylic acids is 2. The number of benzene rings is 2. The molecule has 0 aliphatic rings. The lowest BCUT2D eigenvalue weighted by atomic mass is 10.2. The third kappa shape index (κ3) is 7.10. The molecule has 7 nitrogen and oxygen atoms in total. The number of hydrogen-bond acceptors (Lipinski definition) is 4. The van der Waals surface area contributed by atoms with Gasteiger partial charge < -0.3 is 24.3 Å². The quantitative estimate of drug-likeness (QED) is 0.291. The minimum absolute atomic E-state index is 0.231. The molecule has 2 amide bonds. The Morgan fingerprint density at radius 1 is 1.06 bits per heavy atom. The van der Waals surface area contributed by atoms with Crippen molar-refractivity contribution >= 4 is 29.3 Å². The second kappa shape index (κ2) is 12.8. The van der Waals surface area contributed by atoms with E-state index >= 15 is 0 Å². The number of hydrogen-bond donors (Lipinski definition) is 1. The summed E-state index contributed by atoms with van der Waals surface area (Å²) in [5.41, 5.74) is 3.04. The Kier molecular flexibility index (Phi) is 9.55. The van der Waals surface area contributed by atoms with Crippen molar-refractivity contribution in [2.75, 3.05) is 32.2 Å². The van der Waals surface area contributed by atoms with Gasteiger partial charge in [-0.3, -0.25) is 0 Å². The standard InChI is InChI=1S/C26H30ClN3O4/c1-3-34-25(31)20-11-13-22(14-12-20)28-26(32)30(16-7-17-33-2)19-23-9-6-15-29(23)18-21-8-4-5-10-24(21)27/h4-6,8-15H,3,7,16-19H2,1-2H3,(H,28,32). The van der Waals surface area contributed by atoms with Gasteiger partial charge >= 0.3 is 12.0 Å². The topological polar surface area (TPSA) is 72.8 Å². The Hall–Kier alpha value is -3.29. The minimum Gasteiger partial charge on any atom is -0.462 e. The number of anilines is 1. The summed E-state index contributed by atoms with van der Waals surface area (Å²) in [6.45, 7) is 4.19. The summed E-state index contributed by atoms with van der Waals surface area (Å²) >= 11 is 6.34. The first-order valence-electron chi connectivity index (χ1n) is 11.2. The van der Waals surface area contributed by atoms with Gasteiger partial charge in [0.25, 0.3) is 0 Å². The van der Waals surface area contributed by atoms with E-state index in [4.69, 9.17) is 21.1 Å². The number of rotatable bonds is 11. The van der Waals surface area contributed by atoms with Gasteiger partial charge in [-0.2, -0.15) is 0 Å². The summed E-state index contributed by atoms with van der Waals surface area (Å²) in [6, 6.07) is 18.1. The van der Waals surface area contributed by atoms with Gasteiger partial charge in [-0.25, -0.2) is 9.59 Å². The van der Waals surface area contributed by atoms with Crippen molar-refractivity contribution in [3.05, 3.63) is 88.7 Å². The molecule has 0 fully saturated rings. The monoisotopic (exact) mass is 483 g/mol. The van der Waals surface area contributed by atoms with Crippen LogP contribution in [0.4, 0.5) is 10.5 Å². The Labute approximate surface area is 205 Å². The molecular formula is C26H30ClN3O4. The average molecular weight is 484 g/mol. The van der Waals surface area contributed by atoms with E-state index in [0.717, 1.165) is 11.3 Å². The second-order valence-corrected chi connectivity index (χ2v) is 8.12. The third-order valence-electron chi connectivity index (χ3n) is 5.29. The summed E-state index contributed by atoms with van der Waals surface area (Å²) in [5.74, 6) is -0.388. The van der Waals surface area contributed by atoms with Crippen LogP contribution in [0.15, 0.2) is 66.9 Å². The summed E-state index contributed by atoms with van der Waals surface area (Å²) in [5, 5.41) is 3.63. The number of halogens is 1. The first kappa shape index (κ1) is 25.3. The first-order valence-corrected chi connectivity index (χ1v) is 11.6. The van der Waals surface area contributed by atoms with Gasteiger partial charge in [-0.1, -0.05) is 29.8 Å². The molecule has 0 bridgehead atoms. The largest absolute Gasteiger partial charge is 0.462 e. The Bertz CT molecular complexity index is 1080. The van der Waals surface area contributed by atoms with E-state index in [1.807, 2.05) is 42.6 Å². The smallest absolute Gasteiger partial charge is 0.338 e. The fourth-order valence-electron chi connectivity index (χ4n) is 3.51. The fraction of sp³-hybridized carbons (Fsp3) is 0.308. The molecule has 1 aromatic heterocycles. The molecule has 0 saturated carbocycles. The van der Waals surface area contributed by atoms with Gasteiger partial charge in [0, 0.05) is 49.4 Å². The van der Waals surface area contributed by atoms with Crippen LogP contribution in [0.3, 0.4) is 0 Å². The van der Waals surface area contributed by atoms with Crippen LogP contribution >= 0.6 is 11.6 Å². The highest BCUT2D eigenvalue weighted by atomic mass is 35.5. The normalized spacial score (nSPS) is 10.7. The van der Waals surface area contributed by atoms with Crippen LogP contribution in [0.25, 0.3) is 0 Å². The molecule has 1 N–H and O–H groups in total. The first-order chi connectivity index (χ1) is 16.5. The predicted octanol–water partition coefficient (Wildman–Crippen LogP) is 5.44. The van der Waals surface area contributed by atoms with E-state index in [2.05, 4.69) is 9.88 Å². The molecule has 0 aliphatic heterocycles. The molecule has 2 aromatic carbocycles. The zero-order valence-corrected chi connectivity index (χ0v) is 20.3. The van der Waals surface area contributed by atoms with E-state index in [1.54, 1.807) is 43.2 Å². The Morgan fingerprint density at radius 3 is 2.53 bits per heavy atom. The second-order valence-electron chi connectivity index (χ2n) is 7.71. The fourth-order valence-corrected chi connectivity index (χ4v) is 3.71. The summed E-state index contributed by atoms with van der Waals surface area (Å²) < 4.78 is 12.3. The Morgan fingerprint density at radius 2 is 1.82 bits per heavy atom. The molecule has 180 valence electrons. The maximum absolute atomic E-state index is 13.1. The SMILES string of the molecule is CCOC(=O)c1ccc(NC(=O)N(CCCOC)Cc2cccn2Cc2ccccc2Cl)cc1. The van der Waals surface area contributed by atoms with Gasteiger partial charge in [0.2, 0.25) is 0 Å². The number of carbonyl (C=O) groups is 2. The van der Waals surface area contributed by atoms with Crippen LogP contribution in [0.5, 0.6) is 0 Å².